The molecule has 0 aliphatic carbocycles. The molecule has 1 fully saturated rings. The van der Waals surface area contributed by atoms with Crippen LogP contribution in [0.15, 0.2) is 18.2 Å². The predicted molar refractivity (Wildman–Crippen MR) is 85.4 cm³/mol. The Hall–Kier alpha value is -2.48. The van der Waals surface area contributed by atoms with Crippen LogP contribution in [0.4, 0.5) is 5.69 Å². The van der Waals surface area contributed by atoms with Crippen molar-refractivity contribution >= 4 is 22.5 Å². The molecule has 1 unspecified atom stereocenters. The Morgan fingerprint density at radius 1 is 1.52 bits per heavy atom. The van der Waals surface area contributed by atoms with Crippen molar-refractivity contribution in [1.82, 2.24) is 20.4 Å². The fourth-order valence-corrected chi connectivity index (χ4v) is 3.01. The third kappa shape index (κ3) is 2.89. The first-order valence-electron chi connectivity index (χ1n) is 7.76. The third-order valence-electron chi connectivity index (χ3n) is 4.16. The lowest BCUT2D eigenvalue weighted by molar-refractivity contribution is -0.384. The van der Waals surface area contributed by atoms with Crippen molar-refractivity contribution in [2.45, 2.75) is 25.8 Å². The van der Waals surface area contributed by atoms with Gasteiger partial charge in [-0.2, -0.15) is 5.10 Å². The summed E-state index contributed by atoms with van der Waals surface area (Å²) in [5, 5.41) is 21.6. The van der Waals surface area contributed by atoms with Crippen LogP contribution in [-0.2, 0) is 0 Å². The summed E-state index contributed by atoms with van der Waals surface area (Å²) < 4.78 is 0. The van der Waals surface area contributed by atoms with E-state index >= 15 is 0 Å². The molecule has 1 amide bonds. The van der Waals surface area contributed by atoms with Gasteiger partial charge in [-0.1, -0.05) is 6.92 Å². The van der Waals surface area contributed by atoms with Gasteiger partial charge >= 0.3 is 0 Å². The highest BCUT2D eigenvalue weighted by Gasteiger charge is 2.29. The molecule has 1 saturated heterocycles. The first kappa shape index (κ1) is 15.4. The molecular formula is C15H19N5O3. The van der Waals surface area contributed by atoms with Crippen molar-refractivity contribution < 1.29 is 9.72 Å². The van der Waals surface area contributed by atoms with Crippen molar-refractivity contribution in [2.24, 2.45) is 0 Å². The lowest BCUT2D eigenvalue weighted by Crippen LogP contribution is -2.42. The van der Waals surface area contributed by atoms with Crippen LogP contribution in [0, 0.1) is 10.1 Å². The summed E-state index contributed by atoms with van der Waals surface area (Å²) >= 11 is 0. The summed E-state index contributed by atoms with van der Waals surface area (Å²) in [6, 6.07) is 4.54. The highest BCUT2D eigenvalue weighted by atomic mass is 16.6. The number of nitrogens with zero attached hydrogens (tertiary/aromatic N) is 3. The second-order valence-electron chi connectivity index (χ2n) is 5.70. The number of nitro benzene ring substituents is 1. The Morgan fingerprint density at radius 3 is 3.00 bits per heavy atom. The molecule has 0 spiro atoms. The summed E-state index contributed by atoms with van der Waals surface area (Å²) in [5.74, 6) is -0.174. The summed E-state index contributed by atoms with van der Waals surface area (Å²) in [6.45, 7) is 4.34. The van der Waals surface area contributed by atoms with E-state index in [9.17, 15) is 14.9 Å². The molecule has 1 aromatic carbocycles. The first-order chi connectivity index (χ1) is 11.1. The van der Waals surface area contributed by atoms with E-state index < -0.39 is 4.92 Å². The molecule has 2 aromatic rings. The number of benzene rings is 1. The normalized spacial score (nSPS) is 17.5. The van der Waals surface area contributed by atoms with Crippen LogP contribution in [0.3, 0.4) is 0 Å². The molecule has 8 nitrogen and oxygen atoms in total. The fraction of sp³-hybridized carbons (Fsp3) is 0.467. The van der Waals surface area contributed by atoms with Crippen LogP contribution >= 0.6 is 0 Å². The Balaban J connectivity index is 1.98. The van der Waals surface area contributed by atoms with Gasteiger partial charge in [-0.25, -0.2) is 0 Å². The van der Waals surface area contributed by atoms with Crippen molar-refractivity contribution in [2.75, 3.05) is 19.6 Å². The van der Waals surface area contributed by atoms with E-state index in [0.29, 0.717) is 17.4 Å². The molecule has 0 saturated carbocycles. The number of carbonyl (C=O) groups is 1. The van der Waals surface area contributed by atoms with Gasteiger partial charge in [-0.3, -0.25) is 20.0 Å². The van der Waals surface area contributed by atoms with Gasteiger partial charge in [0.1, 0.15) is 0 Å². The number of amides is 1. The van der Waals surface area contributed by atoms with Gasteiger partial charge in [0.05, 0.1) is 10.4 Å². The van der Waals surface area contributed by atoms with Crippen LogP contribution < -0.4 is 5.32 Å². The average molecular weight is 317 g/mol. The number of hydrogen-bond acceptors (Lipinski definition) is 5. The molecule has 23 heavy (non-hydrogen) atoms. The molecule has 2 N–H and O–H groups in total. The molecule has 1 aliphatic rings. The van der Waals surface area contributed by atoms with Crippen LogP contribution in [0.1, 0.15) is 30.3 Å². The van der Waals surface area contributed by atoms with Crippen molar-refractivity contribution in [3.8, 4) is 0 Å². The summed E-state index contributed by atoms with van der Waals surface area (Å²) in [7, 11) is 0. The number of carbonyl (C=O) groups excluding carboxylic acids is 1. The number of fused-ring (bicyclic) bond motifs is 1. The molecule has 3 rings (SSSR count). The maximum absolute atomic E-state index is 12.9. The number of hydrogen-bond donors (Lipinski definition) is 2. The molecular weight excluding hydrogens is 298 g/mol. The number of nitrogens with one attached hydrogen (secondary N) is 2. The van der Waals surface area contributed by atoms with Gasteiger partial charge in [-0.15, -0.1) is 0 Å². The van der Waals surface area contributed by atoms with E-state index in [0.717, 1.165) is 25.9 Å². The third-order valence-corrected chi connectivity index (χ3v) is 4.16. The summed E-state index contributed by atoms with van der Waals surface area (Å²) in [5.41, 5.74) is 0.835. The van der Waals surface area contributed by atoms with Crippen molar-refractivity contribution in [1.29, 1.82) is 0 Å². The quantitative estimate of drug-likeness (QED) is 0.645. The zero-order valence-corrected chi connectivity index (χ0v) is 12.9. The van der Waals surface area contributed by atoms with E-state index in [-0.39, 0.29) is 23.3 Å². The average Bonchev–Trinajstić information content (AvgIpc) is 3.20. The molecule has 1 atom stereocenters. The smallest absolute Gasteiger partial charge is 0.275 e. The maximum Gasteiger partial charge on any atom is 0.275 e. The van der Waals surface area contributed by atoms with Crippen molar-refractivity contribution in [3.05, 3.63) is 34.0 Å². The number of aromatic amines is 1. The summed E-state index contributed by atoms with van der Waals surface area (Å²) in [4.78, 5) is 25.2. The minimum Gasteiger partial charge on any atom is -0.333 e. The van der Waals surface area contributed by atoms with E-state index in [1.54, 1.807) is 6.07 Å². The summed E-state index contributed by atoms with van der Waals surface area (Å²) in [6.07, 6.45) is 1.76. The van der Waals surface area contributed by atoms with Gasteiger partial charge in [-0.05, 0) is 25.5 Å². The highest BCUT2D eigenvalue weighted by Crippen LogP contribution is 2.24. The number of H-pyrrole nitrogens is 1. The SMILES string of the molecule is CCCN(C(=O)c1n[nH]c2ccc([N+](=O)[O-])cc12)C1CCNC1. The van der Waals surface area contributed by atoms with Gasteiger partial charge in [0.15, 0.2) is 5.69 Å². The zero-order chi connectivity index (χ0) is 16.4. The number of rotatable bonds is 5. The number of nitro groups is 1. The van der Waals surface area contributed by atoms with Gasteiger partial charge < -0.3 is 10.2 Å². The molecule has 0 bridgehead atoms. The Kier molecular flexibility index (Phi) is 4.24. The molecule has 1 aromatic heterocycles. The lowest BCUT2D eigenvalue weighted by Gasteiger charge is -2.27. The molecule has 2 heterocycles. The lowest BCUT2D eigenvalue weighted by atomic mass is 10.1. The maximum atomic E-state index is 12.9. The second-order valence-corrected chi connectivity index (χ2v) is 5.70. The molecule has 8 heteroatoms. The van der Waals surface area contributed by atoms with Crippen molar-refractivity contribution in [3.63, 3.8) is 0 Å². The van der Waals surface area contributed by atoms with Gasteiger partial charge in [0, 0.05) is 36.7 Å². The molecule has 0 radical (unpaired) electrons. The zero-order valence-electron chi connectivity index (χ0n) is 12.9. The van der Waals surface area contributed by atoms with Crippen LogP contribution in [-0.4, -0.2) is 51.6 Å². The van der Waals surface area contributed by atoms with Crippen LogP contribution in [0.2, 0.25) is 0 Å². The Labute approximate surface area is 133 Å². The van der Waals surface area contributed by atoms with E-state index in [2.05, 4.69) is 15.5 Å². The van der Waals surface area contributed by atoms with Gasteiger partial charge in [0.25, 0.3) is 11.6 Å². The topological polar surface area (TPSA) is 104 Å². The highest BCUT2D eigenvalue weighted by molar-refractivity contribution is 6.05. The largest absolute Gasteiger partial charge is 0.333 e. The monoisotopic (exact) mass is 317 g/mol. The minimum atomic E-state index is -0.467. The van der Waals surface area contributed by atoms with Gasteiger partial charge in [0.2, 0.25) is 0 Å². The van der Waals surface area contributed by atoms with E-state index in [1.165, 1.54) is 12.1 Å². The van der Waals surface area contributed by atoms with Crippen LogP contribution in [0.25, 0.3) is 10.9 Å². The Bertz CT molecular complexity index is 736. The Morgan fingerprint density at radius 2 is 2.35 bits per heavy atom. The first-order valence-corrected chi connectivity index (χ1v) is 7.76. The molecule has 1 aliphatic heterocycles. The number of non-ortho nitro benzene ring substituents is 1. The van der Waals surface area contributed by atoms with E-state index in [1.807, 2.05) is 11.8 Å². The standard InChI is InChI=1S/C15H19N5O3/c1-2-7-19(11-5-6-16-9-11)15(21)14-12-8-10(20(22)23)3-4-13(12)17-18-14/h3-4,8,11,16H,2,5-7,9H2,1H3,(H,17,18). The van der Waals surface area contributed by atoms with E-state index in [4.69, 9.17) is 0 Å². The molecule has 122 valence electrons. The predicted octanol–water partition coefficient (Wildman–Crippen LogP) is 1.69. The number of aromatic nitrogens is 2. The fourth-order valence-electron chi connectivity index (χ4n) is 3.01. The van der Waals surface area contributed by atoms with Crippen LogP contribution in [0.5, 0.6) is 0 Å². The minimum absolute atomic E-state index is 0.0440. The second kappa shape index (κ2) is 6.33.